The topological polar surface area (TPSA) is 63.3 Å². The number of hydrogen-bond acceptors (Lipinski definition) is 2. The summed E-state index contributed by atoms with van der Waals surface area (Å²) in [5.74, 6) is -0.744. The quantitative estimate of drug-likeness (QED) is 0.719. The lowest BCUT2D eigenvalue weighted by Crippen LogP contribution is -1.99. The van der Waals surface area contributed by atoms with E-state index in [-0.39, 0.29) is 6.42 Å². The maximum absolute atomic E-state index is 10.3. The van der Waals surface area contributed by atoms with Crippen molar-refractivity contribution in [2.45, 2.75) is 26.2 Å². The van der Waals surface area contributed by atoms with E-state index < -0.39 is 5.97 Å². The van der Waals surface area contributed by atoms with Crippen LogP contribution >= 0.6 is 0 Å². The third kappa shape index (κ3) is 2.76. The van der Waals surface area contributed by atoms with Crippen molar-refractivity contribution in [3.05, 3.63) is 29.3 Å². The minimum absolute atomic E-state index is 0.217. The number of carbonyl (C=O) groups is 1. The van der Waals surface area contributed by atoms with Gasteiger partial charge < -0.3 is 10.8 Å². The monoisotopic (exact) mass is 193 g/mol. The highest BCUT2D eigenvalue weighted by Crippen LogP contribution is 2.17. The smallest absolute Gasteiger partial charge is 0.303 e. The van der Waals surface area contributed by atoms with Gasteiger partial charge in [-0.15, -0.1) is 0 Å². The molecular formula is C11H15NO2. The standard InChI is InChI=1S/C11H15NO2/c1-8-9(4-2-6-10(8)12)5-3-7-11(13)14/h2,4,6H,3,5,7,12H2,1H3,(H,13,14). The van der Waals surface area contributed by atoms with Gasteiger partial charge in [0.05, 0.1) is 0 Å². The number of carboxylic acids is 1. The predicted molar refractivity (Wildman–Crippen MR) is 56.2 cm³/mol. The summed E-state index contributed by atoms with van der Waals surface area (Å²) in [4.78, 5) is 10.3. The van der Waals surface area contributed by atoms with Crippen molar-refractivity contribution in [3.8, 4) is 0 Å². The number of hydrogen-bond donors (Lipinski definition) is 2. The fourth-order valence-electron chi connectivity index (χ4n) is 1.40. The van der Waals surface area contributed by atoms with E-state index in [0.29, 0.717) is 6.42 Å². The molecule has 0 saturated heterocycles. The van der Waals surface area contributed by atoms with Crippen LogP contribution in [0.25, 0.3) is 0 Å². The first kappa shape index (κ1) is 10.6. The number of nitrogen functional groups attached to an aromatic ring is 1. The van der Waals surface area contributed by atoms with Gasteiger partial charge >= 0.3 is 5.97 Å². The number of rotatable bonds is 4. The average molecular weight is 193 g/mol. The minimum atomic E-state index is -0.744. The SMILES string of the molecule is Cc1c(N)cccc1CCCC(=O)O. The molecule has 0 aromatic heterocycles. The highest BCUT2D eigenvalue weighted by Gasteiger charge is 2.02. The van der Waals surface area contributed by atoms with Gasteiger partial charge in [0.25, 0.3) is 0 Å². The van der Waals surface area contributed by atoms with E-state index in [1.807, 2.05) is 25.1 Å². The van der Waals surface area contributed by atoms with Crippen LogP contribution in [0.5, 0.6) is 0 Å². The molecule has 0 saturated carbocycles. The molecule has 76 valence electrons. The van der Waals surface area contributed by atoms with Crippen molar-refractivity contribution >= 4 is 11.7 Å². The van der Waals surface area contributed by atoms with E-state index in [1.54, 1.807) is 0 Å². The van der Waals surface area contributed by atoms with E-state index >= 15 is 0 Å². The first-order chi connectivity index (χ1) is 6.61. The van der Waals surface area contributed by atoms with Gasteiger partial charge in [-0.25, -0.2) is 0 Å². The molecule has 14 heavy (non-hydrogen) atoms. The molecule has 0 amide bonds. The molecule has 1 aromatic rings. The summed E-state index contributed by atoms with van der Waals surface area (Å²) in [6.07, 6.45) is 1.66. The van der Waals surface area contributed by atoms with E-state index in [9.17, 15) is 4.79 Å². The van der Waals surface area contributed by atoms with Crippen LogP contribution in [0.3, 0.4) is 0 Å². The highest BCUT2D eigenvalue weighted by atomic mass is 16.4. The second kappa shape index (κ2) is 4.65. The van der Waals surface area contributed by atoms with E-state index in [4.69, 9.17) is 10.8 Å². The molecule has 1 rings (SSSR count). The lowest BCUT2D eigenvalue weighted by atomic mass is 10.0. The number of nitrogens with two attached hydrogens (primary N) is 1. The second-order valence-electron chi connectivity index (χ2n) is 3.38. The molecule has 3 nitrogen and oxygen atoms in total. The largest absolute Gasteiger partial charge is 0.481 e. The average Bonchev–Trinajstić information content (AvgIpc) is 2.12. The summed E-state index contributed by atoms with van der Waals surface area (Å²) in [5.41, 5.74) is 8.72. The van der Waals surface area contributed by atoms with Gasteiger partial charge in [-0.05, 0) is 37.0 Å². The summed E-state index contributed by atoms with van der Waals surface area (Å²) < 4.78 is 0. The number of benzene rings is 1. The highest BCUT2D eigenvalue weighted by molar-refractivity contribution is 5.66. The normalized spacial score (nSPS) is 10.1. The van der Waals surface area contributed by atoms with Gasteiger partial charge in [0.15, 0.2) is 0 Å². The molecule has 0 unspecified atom stereocenters. The Labute approximate surface area is 83.6 Å². The molecule has 0 fully saturated rings. The maximum Gasteiger partial charge on any atom is 0.303 e. The van der Waals surface area contributed by atoms with Gasteiger partial charge in [-0.3, -0.25) is 4.79 Å². The van der Waals surface area contributed by atoms with Crippen LogP contribution in [0.15, 0.2) is 18.2 Å². The second-order valence-corrected chi connectivity index (χ2v) is 3.38. The van der Waals surface area contributed by atoms with Crippen LogP contribution in [0.1, 0.15) is 24.0 Å². The van der Waals surface area contributed by atoms with Crippen molar-refractivity contribution < 1.29 is 9.90 Å². The molecule has 0 spiro atoms. The van der Waals surface area contributed by atoms with E-state index in [2.05, 4.69) is 0 Å². The minimum Gasteiger partial charge on any atom is -0.481 e. The van der Waals surface area contributed by atoms with Crippen molar-refractivity contribution in [1.29, 1.82) is 0 Å². The molecule has 0 atom stereocenters. The Morgan fingerprint density at radius 1 is 1.50 bits per heavy atom. The number of aliphatic carboxylic acids is 1. The summed E-state index contributed by atoms with van der Waals surface area (Å²) in [5, 5.41) is 8.49. The van der Waals surface area contributed by atoms with Gasteiger partial charge in [-0.2, -0.15) is 0 Å². The molecular weight excluding hydrogens is 178 g/mol. The molecule has 0 bridgehead atoms. The third-order valence-corrected chi connectivity index (χ3v) is 2.32. The van der Waals surface area contributed by atoms with Crippen LogP contribution in [-0.2, 0) is 11.2 Å². The maximum atomic E-state index is 10.3. The third-order valence-electron chi connectivity index (χ3n) is 2.32. The van der Waals surface area contributed by atoms with Gasteiger partial charge in [0.1, 0.15) is 0 Å². The Kier molecular flexibility index (Phi) is 3.51. The molecule has 0 heterocycles. The molecule has 0 aliphatic rings. The van der Waals surface area contributed by atoms with Crippen molar-refractivity contribution in [3.63, 3.8) is 0 Å². The lowest BCUT2D eigenvalue weighted by Gasteiger charge is -2.06. The van der Waals surface area contributed by atoms with Crippen molar-refractivity contribution in [2.24, 2.45) is 0 Å². The molecule has 0 aliphatic carbocycles. The molecule has 1 aromatic carbocycles. The summed E-state index contributed by atoms with van der Waals surface area (Å²) in [6.45, 7) is 1.96. The zero-order valence-electron chi connectivity index (χ0n) is 8.29. The zero-order chi connectivity index (χ0) is 10.6. The summed E-state index contributed by atoms with van der Waals surface area (Å²) in [6, 6.07) is 5.75. The number of anilines is 1. The fraction of sp³-hybridized carbons (Fsp3) is 0.364. The molecule has 0 radical (unpaired) electrons. The van der Waals surface area contributed by atoms with Crippen molar-refractivity contribution in [1.82, 2.24) is 0 Å². The van der Waals surface area contributed by atoms with E-state index in [1.165, 1.54) is 0 Å². The van der Waals surface area contributed by atoms with Gasteiger partial charge in [-0.1, -0.05) is 12.1 Å². The number of aryl methyl sites for hydroxylation is 1. The van der Waals surface area contributed by atoms with Crippen LogP contribution in [0.4, 0.5) is 5.69 Å². The Morgan fingerprint density at radius 3 is 2.86 bits per heavy atom. The zero-order valence-corrected chi connectivity index (χ0v) is 8.29. The predicted octanol–water partition coefficient (Wildman–Crippen LogP) is 1.98. The van der Waals surface area contributed by atoms with Crippen LogP contribution in [-0.4, -0.2) is 11.1 Å². The van der Waals surface area contributed by atoms with Crippen LogP contribution in [0.2, 0.25) is 0 Å². The Balaban J connectivity index is 2.59. The van der Waals surface area contributed by atoms with Crippen molar-refractivity contribution in [2.75, 3.05) is 5.73 Å². The van der Waals surface area contributed by atoms with Crippen LogP contribution < -0.4 is 5.73 Å². The Bertz CT molecular complexity index is 334. The van der Waals surface area contributed by atoms with Crippen LogP contribution in [0, 0.1) is 6.92 Å². The molecule has 3 heteroatoms. The first-order valence-electron chi connectivity index (χ1n) is 4.67. The van der Waals surface area contributed by atoms with Gasteiger partial charge in [0.2, 0.25) is 0 Å². The fourth-order valence-corrected chi connectivity index (χ4v) is 1.40. The lowest BCUT2D eigenvalue weighted by molar-refractivity contribution is -0.137. The summed E-state index contributed by atoms with van der Waals surface area (Å²) in [7, 11) is 0. The Hall–Kier alpha value is -1.51. The molecule has 3 N–H and O–H groups in total. The molecule has 0 aliphatic heterocycles. The van der Waals surface area contributed by atoms with Gasteiger partial charge in [0, 0.05) is 12.1 Å². The summed E-state index contributed by atoms with van der Waals surface area (Å²) >= 11 is 0. The Morgan fingerprint density at radius 2 is 2.21 bits per heavy atom. The first-order valence-corrected chi connectivity index (χ1v) is 4.67. The van der Waals surface area contributed by atoms with E-state index in [0.717, 1.165) is 23.2 Å². The number of carboxylic acid groups (broad SMARTS) is 1.